The molecule has 0 unspecified atom stereocenters. The van der Waals surface area contributed by atoms with Gasteiger partial charge in [0, 0.05) is 10.6 Å². The summed E-state index contributed by atoms with van der Waals surface area (Å²) in [5, 5.41) is 2.90. The van der Waals surface area contributed by atoms with Gasteiger partial charge in [0.2, 0.25) is 0 Å². The van der Waals surface area contributed by atoms with Crippen LogP contribution in [0, 0.1) is 6.92 Å². The molecule has 5 heteroatoms. The molecule has 0 aliphatic rings. The molecule has 0 saturated heterocycles. The fraction of sp³-hybridized carbons (Fsp3) is 0.400. The Balaban J connectivity index is 2.00. The molecule has 1 amide bonds. The third-order valence-corrected chi connectivity index (χ3v) is 5.27. The smallest absolute Gasteiger partial charge is 0.348 e. The van der Waals surface area contributed by atoms with Gasteiger partial charge >= 0.3 is 5.97 Å². The van der Waals surface area contributed by atoms with Crippen molar-refractivity contribution >= 4 is 28.9 Å². The average Bonchev–Trinajstić information content (AvgIpc) is 3.00. The van der Waals surface area contributed by atoms with Crippen LogP contribution in [0.1, 0.15) is 52.0 Å². The average molecular weight is 359 g/mol. The molecule has 0 bridgehead atoms. The van der Waals surface area contributed by atoms with E-state index in [0.717, 1.165) is 46.5 Å². The second kappa shape index (κ2) is 8.81. The van der Waals surface area contributed by atoms with Gasteiger partial charge in [0.1, 0.15) is 4.88 Å². The van der Waals surface area contributed by atoms with E-state index in [1.807, 2.05) is 38.1 Å². The van der Waals surface area contributed by atoms with Gasteiger partial charge in [0.05, 0.1) is 0 Å². The van der Waals surface area contributed by atoms with E-state index < -0.39 is 5.97 Å². The lowest BCUT2D eigenvalue weighted by atomic mass is 10.0. The highest BCUT2D eigenvalue weighted by atomic mass is 32.1. The van der Waals surface area contributed by atoms with E-state index in [-0.39, 0.29) is 12.5 Å². The van der Waals surface area contributed by atoms with E-state index in [9.17, 15) is 9.59 Å². The molecule has 0 spiro atoms. The van der Waals surface area contributed by atoms with Crippen LogP contribution in [-0.4, -0.2) is 18.5 Å². The largest absolute Gasteiger partial charge is 0.451 e. The van der Waals surface area contributed by atoms with Gasteiger partial charge < -0.3 is 10.1 Å². The molecule has 0 atom stereocenters. The first-order chi connectivity index (χ1) is 12.0. The Hall–Kier alpha value is -2.14. The lowest BCUT2D eigenvalue weighted by Gasteiger charge is -2.14. The Morgan fingerprint density at radius 1 is 1.04 bits per heavy atom. The molecule has 0 aliphatic heterocycles. The standard InChI is InChI=1S/C20H25NO3S/c1-5-14-9-8-10-15(6-2)19(14)21-18(22)12-24-20(23)17-11-16(7-3)13(4)25-17/h8-11H,5-7,12H2,1-4H3,(H,21,22). The fourth-order valence-electron chi connectivity index (χ4n) is 2.75. The number of anilines is 1. The number of para-hydroxylation sites is 1. The van der Waals surface area contributed by atoms with Gasteiger partial charge in [-0.05, 0) is 48.9 Å². The van der Waals surface area contributed by atoms with Crippen molar-refractivity contribution in [1.29, 1.82) is 0 Å². The third kappa shape index (κ3) is 4.69. The molecule has 1 N–H and O–H groups in total. The first-order valence-electron chi connectivity index (χ1n) is 8.67. The minimum atomic E-state index is -0.442. The van der Waals surface area contributed by atoms with Crippen molar-refractivity contribution in [3.05, 3.63) is 50.7 Å². The van der Waals surface area contributed by atoms with Crippen LogP contribution in [0.5, 0.6) is 0 Å². The highest BCUT2D eigenvalue weighted by molar-refractivity contribution is 7.14. The summed E-state index contributed by atoms with van der Waals surface area (Å²) in [6, 6.07) is 7.85. The minimum absolute atomic E-state index is 0.279. The van der Waals surface area contributed by atoms with Crippen LogP contribution in [0.3, 0.4) is 0 Å². The van der Waals surface area contributed by atoms with Crippen LogP contribution in [0.15, 0.2) is 24.3 Å². The van der Waals surface area contributed by atoms with E-state index >= 15 is 0 Å². The van der Waals surface area contributed by atoms with Gasteiger partial charge in [-0.1, -0.05) is 39.0 Å². The SMILES string of the molecule is CCc1cc(C(=O)OCC(=O)Nc2c(CC)cccc2CC)sc1C. The van der Waals surface area contributed by atoms with Gasteiger partial charge in [-0.2, -0.15) is 0 Å². The van der Waals surface area contributed by atoms with Gasteiger partial charge in [-0.15, -0.1) is 11.3 Å². The molecule has 4 nitrogen and oxygen atoms in total. The molecule has 1 aromatic heterocycles. The van der Waals surface area contributed by atoms with Crippen molar-refractivity contribution in [1.82, 2.24) is 0 Å². The quantitative estimate of drug-likeness (QED) is 0.739. The molecule has 1 heterocycles. The molecule has 25 heavy (non-hydrogen) atoms. The Bertz CT molecular complexity index is 742. The van der Waals surface area contributed by atoms with Crippen molar-refractivity contribution in [3.8, 4) is 0 Å². The molecule has 0 saturated carbocycles. The van der Waals surface area contributed by atoms with Crippen LogP contribution < -0.4 is 5.32 Å². The monoisotopic (exact) mass is 359 g/mol. The number of rotatable bonds is 7. The number of nitrogens with one attached hydrogen (secondary N) is 1. The Labute approximate surface area is 153 Å². The van der Waals surface area contributed by atoms with Crippen LogP contribution >= 0.6 is 11.3 Å². The molecule has 0 radical (unpaired) electrons. The van der Waals surface area contributed by atoms with Crippen molar-refractivity contribution in [2.45, 2.75) is 47.0 Å². The fourth-order valence-corrected chi connectivity index (χ4v) is 3.76. The zero-order valence-corrected chi connectivity index (χ0v) is 16.1. The number of ether oxygens (including phenoxy) is 1. The summed E-state index contributed by atoms with van der Waals surface area (Å²) in [5.41, 5.74) is 4.15. The molecular formula is C20H25NO3S. The number of hydrogen-bond acceptors (Lipinski definition) is 4. The summed E-state index contributed by atoms with van der Waals surface area (Å²) >= 11 is 1.41. The normalized spacial score (nSPS) is 10.6. The summed E-state index contributed by atoms with van der Waals surface area (Å²) in [7, 11) is 0. The van der Waals surface area contributed by atoms with E-state index in [4.69, 9.17) is 4.74 Å². The van der Waals surface area contributed by atoms with Crippen molar-refractivity contribution in [3.63, 3.8) is 0 Å². The number of benzene rings is 1. The molecule has 0 fully saturated rings. The number of aryl methyl sites for hydroxylation is 4. The molecule has 2 rings (SSSR count). The number of carbonyl (C=O) groups is 2. The van der Waals surface area contributed by atoms with E-state index in [1.54, 1.807) is 0 Å². The highest BCUT2D eigenvalue weighted by Crippen LogP contribution is 2.24. The van der Waals surface area contributed by atoms with Crippen LogP contribution in [0.4, 0.5) is 5.69 Å². The Kier molecular flexibility index (Phi) is 6.76. The van der Waals surface area contributed by atoms with Gasteiger partial charge in [-0.3, -0.25) is 4.79 Å². The van der Waals surface area contributed by atoms with E-state index in [1.165, 1.54) is 11.3 Å². The predicted molar refractivity (Wildman–Crippen MR) is 103 cm³/mol. The summed E-state index contributed by atoms with van der Waals surface area (Å²) in [4.78, 5) is 26.0. The highest BCUT2D eigenvalue weighted by Gasteiger charge is 2.16. The van der Waals surface area contributed by atoms with Crippen molar-refractivity contribution in [2.75, 3.05) is 11.9 Å². The van der Waals surface area contributed by atoms with Gasteiger partial charge in [0.15, 0.2) is 6.61 Å². The third-order valence-electron chi connectivity index (χ3n) is 4.20. The van der Waals surface area contributed by atoms with Crippen LogP contribution in [0.2, 0.25) is 0 Å². The maximum atomic E-state index is 12.2. The maximum Gasteiger partial charge on any atom is 0.348 e. The van der Waals surface area contributed by atoms with Crippen molar-refractivity contribution in [2.24, 2.45) is 0 Å². The zero-order chi connectivity index (χ0) is 18.4. The second-order valence-electron chi connectivity index (χ2n) is 5.83. The lowest BCUT2D eigenvalue weighted by molar-refractivity contribution is -0.119. The predicted octanol–water partition coefficient (Wildman–Crippen LogP) is 4.54. The van der Waals surface area contributed by atoms with Crippen molar-refractivity contribution < 1.29 is 14.3 Å². The Morgan fingerprint density at radius 3 is 2.16 bits per heavy atom. The van der Waals surface area contributed by atoms with Gasteiger partial charge in [0.25, 0.3) is 5.91 Å². The summed E-state index contributed by atoms with van der Waals surface area (Å²) in [6.45, 7) is 7.86. The Morgan fingerprint density at radius 2 is 1.64 bits per heavy atom. The number of amides is 1. The molecular weight excluding hydrogens is 334 g/mol. The first kappa shape index (κ1) is 19.2. The van der Waals surface area contributed by atoms with Gasteiger partial charge in [-0.25, -0.2) is 4.79 Å². The number of thiophene rings is 1. The summed E-state index contributed by atoms with van der Waals surface area (Å²) in [5.74, 6) is -0.754. The molecule has 2 aromatic rings. The zero-order valence-electron chi connectivity index (χ0n) is 15.3. The summed E-state index contributed by atoms with van der Waals surface area (Å²) < 4.78 is 5.18. The van der Waals surface area contributed by atoms with E-state index in [2.05, 4.69) is 19.2 Å². The first-order valence-corrected chi connectivity index (χ1v) is 9.48. The number of carbonyl (C=O) groups excluding carboxylic acids is 2. The topological polar surface area (TPSA) is 55.4 Å². The number of esters is 1. The number of hydrogen-bond donors (Lipinski definition) is 1. The lowest BCUT2D eigenvalue weighted by Crippen LogP contribution is -2.22. The van der Waals surface area contributed by atoms with Crippen LogP contribution in [0.25, 0.3) is 0 Å². The summed E-state index contributed by atoms with van der Waals surface area (Å²) in [6.07, 6.45) is 2.54. The minimum Gasteiger partial charge on any atom is -0.451 e. The second-order valence-corrected chi connectivity index (χ2v) is 7.08. The molecule has 134 valence electrons. The molecule has 1 aromatic carbocycles. The molecule has 0 aliphatic carbocycles. The van der Waals surface area contributed by atoms with Crippen LogP contribution in [-0.2, 0) is 28.8 Å². The van der Waals surface area contributed by atoms with E-state index in [0.29, 0.717) is 4.88 Å². The maximum absolute atomic E-state index is 12.2.